The van der Waals surface area contributed by atoms with Crippen LogP contribution < -0.4 is 5.32 Å². The molecule has 124 valence electrons. The van der Waals surface area contributed by atoms with Crippen LogP contribution in [0.15, 0.2) is 16.9 Å². The third-order valence-corrected chi connectivity index (χ3v) is 4.01. The highest BCUT2D eigenvalue weighted by atomic mass is 16.5. The fraction of sp³-hybridized carbons (Fsp3) is 0.600. The Labute approximate surface area is 134 Å². The van der Waals surface area contributed by atoms with Gasteiger partial charge in [-0.1, -0.05) is 19.0 Å². The summed E-state index contributed by atoms with van der Waals surface area (Å²) in [5, 5.41) is 6.74. The summed E-state index contributed by atoms with van der Waals surface area (Å²) in [5.74, 6) is 2.51. The first-order chi connectivity index (χ1) is 11.1. The van der Waals surface area contributed by atoms with Crippen LogP contribution in [0.2, 0.25) is 0 Å². The number of urea groups is 1. The van der Waals surface area contributed by atoms with Gasteiger partial charge in [0.25, 0.3) is 0 Å². The first-order valence-corrected chi connectivity index (χ1v) is 7.98. The summed E-state index contributed by atoms with van der Waals surface area (Å²) in [6, 6.07) is -0.106. The molecule has 8 nitrogen and oxygen atoms in total. The van der Waals surface area contributed by atoms with Gasteiger partial charge in [0, 0.05) is 37.3 Å². The summed E-state index contributed by atoms with van der Waals surface area (Å²) in [7, 11) is 0. The molecule has 8 heteroatoms. The molecule has 0 radical (unpaired) electrons. The van der Waals surface area contributed by atoms with Gasteiger partial charge in [0.1, 0.15) is 5.82 Å². The Balaban J connectivity index is 1.53. The lowest BCUT2D eigenvalue weighted by Gasteiger charge is -2.31. The maximum Gasteiger partial charge on any atom is 0.317 e. The number of hydrogen-bond acceptors (Lipinski definition) is 5. The minimum Gasteiger partial charge on any atom is -0.348 e. The normalized spacial score (nSPS) is 18.4. The van der Waals surface area contributed by atoms with E-state index in [0.29, 0.717) is 18.3 Å². The summed E-state index contributed by atoms with van der Waals surface area (Å²) >= 11 is 0. The number of aromatic amines is 1. The van der Waals surface area contributed by atoms with E-state index in [1.54, 1.807) is 6.20 Å². The van der Waals surface area contributed by atoms with Crippen LogP contribution in [-0.2, 0) is 6.54 Å². The number of hydrogen-bond donors (Lipinski definition) is 2. The molecule has 0 unspecified atom stereocenters. The average molecular weight is 318 g/mol. The maximum atomic E-state index is 12.3. The van der Waals surface area contributed by atoms with Crippen molar-refractivity contribution in [1.82, 2.24) is 30.3 Å². The topological polar surface area (TPSA) is 99.9 Å². The van der Waals surface area contributed by atoms with Gasteiger partial charge in [-0.3, -0.25) is 0 Å². The number of imidazole rings is 1. The molecule has 3 rings (SSSR count). The predicted octanol–water partition coefficient (Wildman–Crippen LogP) is 2.01. The number of nitrogens with zero attached hydrogens (tertiary/aromatic N) is 4. The van der Waals surface area contributed by atoms with Crippen LogP contribution in [0, 0.1) is 0 Å². The van der Waals surface area contributed by atoms with Crippen molar-refractivity contribution in [2.45, 2.75) is 45.1 Å². The van der Waals surface area contributed by atoms with Crippen molar-refractivity contribution in [2.75, 3.05) is 13.1 Å². The van der Waals surface area contributed by atoms with E-state index in [-0.39, 0.29) is 24.4 Å². The molecule has 2 aromatic heterocycles. The molecule has 1 fully saturated rings. The lowest BCUT2D eigenvalue weighted by Crippen LogP contribution is -2.44. The molecule has 23 heavy (non-hydrogen) atoms. The highest BCUT2D eigenvalue weighted by Crippen LogP contribution is 2.24. The Morgan fingerprint density at radius 2 is 2.43 bits per heavy atom. The lowest BCUT2D eigenvalue weighted by atomic mass is 9.98. The second-order valence-corrected chi connectivity index (χ2v) is 6.12. The first kappa shape index (κ1) is 15.5. The zero-order valence-electron chi connectivity index (χ0n) is 13.5. The van der Waals surface area contributed by atoms with Crippen LogP contribution in [0.25, 0.3) is 0 Å². The van der Waals surface area contributed by atoms with Gasteiger partial charge in [-0.25, -0.2) is 9.78 Å². The van der Waals surface area contributed by atoms with Crippen molar-refractivity contribution in [1.29, 1.82) is 0 Å². The number of nitrogens with one attached hydrogen (secondary N) is 2. The quantitative estimate of drug-likeness (QED) is 0.898. The van der Waals surface area contributed by atoms with Gasteiger partial charge in [0.2, 0.25) is 5.89 Å². The van der Waals surface area contributed by atoms with Crippen molar-refractivity contribution in [3.8, 4) is 0 Å². The van der Waals surface area contributed by atoms with Crippen molar-refractivity contribution in [3.63, 3.8) is 0 Å². The minimum atomic E-state index is -0.106. The molecule has 0 saturated carbocycles. The summed E-state index contributed by atoms with van der Waals surface area (Å²) in [6.45, 7) is 5.66. The van der Waals surface area contributed by atoms with E-state index in [4.69, 9.17) is 4.52 Å². The number of amides is 2. The largest absolute Gasteiger partial charge is 0.348 e. The summed E-state index contributed by atoms with van der Waals surface area (Å²) in [6.07, 6.45) is 5.57. The Hall–Kier alpha value is -2.38. The molecule has 2 amide bonds. The molecule has 1 aliphatic heterocycles. The molecule has 1 saturated heterocycles. The molecule has 0 bridgehead atoms. The smallest absolute Gasteiger partial charge is 0.317 e. The summed E-state index contributed by atoms with van der Waals surface area (Å²) in [5.41, 5.74) is 0. The number of carbonyl (C=O) groups is 1. The second kappa shape index (κ2) is 6.80. The van der Waals surface area contributed by atoms with Crippen LogP contribution in [-0.4, -0.2) is 44.1 Å². The predicted molar refractivity (Wildman–Crippen MR) is 82.8 cm³/mol. The SMILES string of the molecule is CC(C)c1noc(CNC(=O)N2CCC[C@@H](c3ncc[nH]3)C2)n1. The number of piperidine rings is 1. The second-order valence-electron chi connectivity index (χ2n) is 6.12. The van der Waals surface area contributed by atoms with E-state index in [1.165, 1.54) is 0 Å². The molecule has 1 aliphatic rings. The highest BCUT2D eigenvalue weighted by molar-refractivity contribution is 5.74. The van der Waals surface area contributed by atoms with Crippen LogP contribution in [0.3, 0.4) is 0 Å². The van der Waals surface area contributed by atoms with Crippen molar-refractivity contribution >= 4 is 6.03 Å². The van der Waals surface area contributed by atoms with Crippen LogP contribution >= 0.6 is 0 Å². The molecule has 2 aromatic rings. The number of likely N-dealkylation sites (tertiary alicyclic amines) is 1. The molecule has 2 N–H and O–H groups in total. The maximum absolute atomic E-state index is 12.3. The van der Waals surface area contributed by atoms with E-state index >= 15 is 0 Å². The van der Waals surface area contributed by atoms with Crippen molar-refractivity contribution < 1.29 is 9.32 Å². The van der Waals surface area contributed by atoms with Gasteiger partial charge < -0.3 is 19.7 Å². The van der Waals surface area contributed by atoms with E-state index in [9.17, 15) is 4.79 Å². The zero-order chi connectivity index (χ0) is 16.2. The Bertz CT molecular complexity index is 636. The van der Waals surface area contributed by atoms with Crippen LogP contribution in [0.1, 0.15) is 56.1 Å². The average Bonchev–Trinajstić information content (AvgIpc) is 3.24. The molecule has 0 aliphatic carbocycles. The number of rotatable bonds is 4. The van der Waals surface area contributed by atoms with Gasteiger partial charge in [0.15, 0.2) is 5.82 Å². The Morgan fingerprint density at radius 1 is 1.57 bits per heavy atom. The van der Waals surface area contributed by atoms with E-state index in [2.05, 4.69) is 25.4 Å². The summed E-state index contributed by atoms with van der Waals surface area (Å²) in [4.78, 5) is 25.8. The Kier molecular flexibility index (Phi) is 4.59. The van der Waals surface area contributed by atoms with Crippen LogP contribution in [0.4, 0.5) is 4.79 Å². The van der Waals surface area contributed by atoms with E-state index < -0.39 is 0 Å². The minimum absolute atomic E-state index is 0.106. The Morgan fingerprint density at radius 3 is 3.13 bits per heavy atom. The fourth-order valence-corrected chi connectivity index (χ4v) is 2.72. The third-order valence-electron chi connectivity index (χ3n) is 4.01. The van der Waals surface area contributed by atoms with Gasteiger partial charge in [-0.15, -0.1) is 0 Å². The molecular weight excluding hydrogens is 296 g/mol. The van der Waals surface area contributed by atoms with Gasteiger partial charge in [-0.2, -0.15) is 4.98 Å². The zero-order valence-corrected chi connectivity index (χ0v) is 13.5. The number of carbonyl (C=O) groups excluding carboxylic acids is 1. The number of H-pyrrole nitrogens is 1. The molecule has 3 heterocycles. The van der Waals surface area contributed by atoms with Gasteiger partial charge in [-0.05, 0) is 12.8 Å². The van der Waals surface area contributed by atoms with Crippen LogP contribution in [0.5, 0.6) is 0 Å². The van der Waals surface area contributed by atoms with E-state index in [0.717, 1.165) is 25.2 Å². The third kappa shape index (κ3) is 3.69. The number of aromatic nitrogens is 4. The molecule has 1 atom stereocenters. The van der Waals surface area contributed by atoms with E-state index in [1.807, 2.05) is 24.9 Å². The van der Waals surface area contributed by atoms with Gasteiger partial charge >= 0.3 is 6.03 Å². The summed E-state index contributed by atoms with van der Waals surface area (Å²) < 4.78 is 5.13. The molecule has 0 aromatic carbocycles. The highest BCUT2D eigenvalue weighted by Gasteiger charge is 2.26. The molecule has 0 spiro atoms. The fourth-order valence-electron chi connectivity index (χ4n) is 2.72. The van der Waals surface area contributed by atoms with Crippen molar-refractivity contribution in [3.05, 3.63) is 29.9 Å². The first-order valence-electron chi connectivity index (χ1n) is 7.98. The lowest BCUT2D eigenvalue weighted by molar-refractivity contribution is 0.176. The van der Waals surface area contributed by atoms with Crippen molar-refractivity contribution in [2.24, 2.45) is 0 Å². The van der Waals surface area contributed by atoms with Gasteiger partial charge in [0.05, 0.1) is 6.54 Å². The standard InChI is InChI=1S/C15H22N6O2/c1-10(2)13-19-12(23-20-13)8-18-15(22)21-7-3-4-11(9-21)14-16-5-6-17-14/h5-6,10-11H,3-4,7-9H2,1-2H3,(H,16,17)(H,18,22)/t11-/m1/s1. The monoisotopic (exact) mass is 318 g/mol. The molecular formula is C15H22N6O2.